The summed E-state index contributed by atoms with van der Waals surface area (Å²) >= 11 is 1.24. The van der Waals surface area contributed by atoms with Gasteiger partial charge in [0.05, 0.1) is 18.5 Å². The zero-order chi connectivity index (χ0) is 19.6. The number of carbonyl (C=O) groups is 2. The second-order valence-corrected chi connectivity index (χ2v) is 7.22. The van der Waals surface area contributed by atoms with Gasteiger partial charge in [0.1, 0.15) is 4.70 Å². The number of aryl methyl sites for hydroxylation is 1. The number of amides is 1. The SMILES string of the molecule is CCOC(=O)N1CCC(n2c(=O)c3sccc3n(CCC(=O)O)c2=O)CC1. The fourth-order valence-electron chi connectivity index (χ4n) is 3.37. The van der Waals surface area contributed by atoms with Crippen molar-refractivity contribution in [3.8, 4) is 0 Å². The van der Waals surface area contributed by atoms with Crippen molar-refractivity contribution in [2.24, 2.45) is 0 Å². The Morgan fingerprint density at radius 3 is 2.63 bits per heavy atom. The molecule has 0 saturated carbocycles. The van der Waals surface area contributed by atoms with Crippen molar-refractivity contribution in [1.29, 1.82) is 0 Å². The molecule has 0 aromatic carbocycles. The van der Waals surface area contributed by atoms with E-state index in [0.29, 0.717) is 42.8 Å². The molecule has 3 heterocycles. The van der Waals surface area contributed by atoms with Crippen molar-refractivity contribution >= 4 is 33.6 Å². The lowest BCUT2D eigenvalue weighted by molar-refractivity contribution is -0.137. The van der Waals surface area contributed by atoms with Crippen LogP contribution in [0.2, 0.25) is 0 Å². The van der Waals surface area contributed by atoms with Gasteiger partial charge < -0.3 is 14.7 Å². The molecule has 0 atom stereocenters. The summed E-state index contributed by atoms with van der Waals surface area (Å²) in [6.07, 6.45) is 0.327. The molecule has 0 bridgehead atoms. The number of nitrogens with zero attached hydrogens (tertiary/aromatic N) is 3. The van der Waals surface area contributed by atoms with Crippen molar-refractivity contribution in [2.45, 2.75) is 38.8 Å². The Morgan fingerprint density at radius 2 is 2.00 bits per heavy atom. The predicted molar refractivity (Wildman–Crippen MR) is 99.5 cm³/mol. The van der Waals surface area contributed by atoms with Crippen LogP contribution in [0.4, 0.5) is 4.79 Å². The van der Waals surface area contributed by atoms with Crippen LogP contribution >= 0.6 is 11.3 Å². The molecule has 1 N–H and O–H groups in total. The minimum Gasteiger partial charge on any atom is -0.481 e. The van der Waals surface area contributed by atoms with Crippen LogP contribution < -0.4 is 11.2 Å². The van der Waals surface area contributed by atoms with E-state index in [2.05, 4.69) is 0 Å². The highest BCUT2D eigenvalue weighted by molar-refractivity contribution is 7.17. The number of carboxylic acids is 1. The highest BCUT2D eigenvalue weighted by atomic mass is 32.1. The largest absolute Gasteiger partial charge is 0.481 e. The van der Waals surface area contributed by atoms with Gasteiger partial charge in [-0.05, 0) is 31.2 Å². The monoisotopic (exact) mass is 395 g/mol. The van der Waals surface area contributed by atoms with Gasteiger partial charge in [-0.1, -0.05) is 0 Å². The van der Waals surface area contributed by atoms with E-state index in [1.807, 2.05) is 0 Å². The highest BCUT2D eigenvalue weighted by Gasteiger charge is 2.28. The van der Waals surface area contributed by atoms with Gasteiger partial charge in [0.25, 0.3) is 5.56 Å². The van der Waals surface area contributed by atoms with Crippen LogP contribution in [0.3, 0.4) is 0 Å². The topological polar surface area (TPSA) is 111 Å². The number of aromatic nitrogens is 2. The van der Waals surface area contributed by atoms with Gasteiger partial charge in [0, 0.05) is 25.7 Å². The first-order valence-electron chi connectivity index (χ1n) is 8.80. The maximum atomic E-state index is 13.0. The Balaban J connectivity index is 1.93. The molecule has 1 amide bonds. The summed E-state index contributed by atoms with van der Waals surface area (Å²) in [5, 5.41) is 10.7. The summed E-state index contributed by atoms with van der Waals surface area (Å²) in [4.78, 5) is 50.2. The minimum absolute atomic E-state index is 0.00332. The number of hydrogen-bond acceptors (Lipinski definition) is 6. The third-order valence-corrected chi connectivity index (χ3v) is 5.58. The molecule has 2 aromatic heterocycles. The molecular weight excluding hydrogens is 374 g/mol. The van der Waals surface area contributed by atoms with E-state index in [-0.39, 0.29) is 24.6 Å². The molecule has 10 heteroatoms. The van der Waals surface area contributed by atoms with E-state index in [1.165, 1.54) is 20.5 Å². The summed E-state index contributed by atoms with van der Waals surface area (Å²) < 4.78 is 8.01. The van der Waals surface area contributed by atoms with Crippen LogP contribution in [0.1, 0.15) is 32.2 Å². The van der Waals surface area contributed by atoms with Gasteiger partial charge in [-0.3, -0.25) is 18.7 Å². The molecule has 27 heavy (non-hydrogen) atoms. The smallest absolute Gasteiger partial charge is 0.409 e. The van der Waals surface area contributed by atoms with E-state index in [0.717, 1.165) is 0 Å². The molecule has 1 fully saturated rings. The van der Waals surface area contributed by atoms with Crippen LogP contribution in [0, 0.1) is 0 Å². The number of rotatable bonds is 5. The molecule has 9 nitrogen and oxygen atoms in total. The Hall–Kier alpha value is -2.62. The molecule has 146 valence electrons. The molecule has 3 rings (SSSR count). The first kappa shape index (κ1) is 19.2. The molecule has 2 aromatic rings. The summed E-state index contributed by atoms with van der Waals surface area (Å²) in [6, 6.07) is 1.33. The summed E-state index contributed by atoms with van der Waals surface area (Å²) in [5.41, 5.74) is -0.385. The van der Waals surface area contributed by atoms with E-state index in [4.69, 9.17) is 9.84 Å². The molecule has 1 aliphatic heterocycles. The quantitative estimate of drug-likeness (QED) is 0.821. The standard InChI is InChI=1S/C17H21N3O6S/c1-2-26-17(25)18-7-3-11(4-8-18)20-15(23)14-12(6-10-27-14)19(16(20)24)9-5-13(21)22/h6,10-11H,2-5,7-9H2,1H3,(H,21,22). The number of aliphatic carboxylic acids is 1. The first-order chi connectivity index (χ1) is 12.9. The fourth-order valence-corrected chi connectivity index (χ4v) is 4.20. The Morgan fingerprint density at radius 1 is 1.30 bits per heavy atom. The van der Waals surface area contributed by atoms with Crippen LogP contribution in [0.15, 0.2) is 21.0 Å². The Bertz CT molecular complexity index is 967. The number of fused-ring (bicyclic) bond motifs is 1. The van der Waals surface area contributed by atoms with Crippen LogP contribution in [0.5, 0.6) is 0 Å². The molecule has 1 saturated heterocycles. The first-order valence-corrected chi connectivity index (χ1v) is 9.68. The van der Waals surface area contributed by atoms with Crippen LogP contribution in [-0.2, 0) is 16.1 Å². The predicted octanol–water partition coefficient (Wildman–Crippen LogP) is 1.49. The maximum absolute atomic E-state index is 13.0. The van der Waals surface area contributed by atoms with Gasteiger partial charge >= 0.3 is 17.8 Å². The second kappa shape index (κ2) is 7.95. The molecular formula is C17H21N3O6S. The Kier molecular flexibility index (Phi) is 5.64. The Labute approximate surface area is 158 Å². The number of likely N-dealkylation sites (tertiary alicyclic amines) is 1. The maximum Gasteiger partial charge on any atom is 0.409 e. The third-order valence-electron chi connectivity index (χ3n) is 4.69. The van der Waals surface area contributed by atoms with Crippen molar-refractivity contribution in [3.05, 3.63) is 32.3 Å². The summed E-state index contributed by atoms with van der Waals surface area (Å²) in [7, 11) is 0. The number of ether oxygens (including phenoxy) is 1. The highest BCUT2D eigenvalue weighted by Crippen LogP contribution is 2.22. The number of carboxylic acid groups (broad SMARTS) is 1. The fraction of sp³-hybridized carbons (Fsp3) is 0.529. The molecule has 0 unspecified atom stereocenters. The van der Waals surface area contributed by atoms with Crippen molar-refractivity contribution in [2.75, 3.05) is 19.7 Å². The van der Waals surface area contributed by atoms with E-state index in [1.54, 1.807) is 23.3 Å². The average Bonchev–Trinajstić information content (AvgIpc) is 3.12. The molecule has 0 aliphatic carbocycles. The average molecular weight is 395 g/mol. The van der Waals surface area contributed by atoms with Crippen molar-refractivity contribution in [3.63, 3.8) is 0 Å². The molecule has 0 spiro atoms. The van der Waals surface area contributed by atoms with Gasteiger partial charge in [-0.25, -0.2) is 9.59 Å². The van der Waals surface area contributed by atoms with Gasteiger partial charge in [0.15, 0.2) is 0 Å². The lowest BCUT2D eigenvalue weighted by Gasteiger charge is -2.32. The molecule has 0 radical (unpaired) electrons. The van der Waals surface area contributed by atoms with Crippen molar-refractivity contribution < 1.29 is 19.4 Å². The minimum atomic E-state index is -1.01. The van der Waals surface area contributed by atoms with Gasteiger partial charge in [0.2, 0.25) is 0 Å². The number of thiophene rings is 1. The number of piperidine rings is 1. The summed E-state index contributed by atoms with van der Waals surface area (Å²) in [6.45, 7) is 2.82. The van der Waals surface area contributed by atoms with E-state index in [9.17, 15) is 19.2 Å². The number of hydrogen-bond donors (Lipinski definition) is 1. The number of carbonyl (C=O) groups excluding carboxylic acids is 1. The summed E-state index contributed by atoms with van der Waals surface area (Å²) in [5.74, 6) is -1.01. The lowest BCUT2D eigenvalue weighted by Crippen LogP contribution is -2.47. The third kappa shape index (κ3) is 3.75. The van der Waals surface area contributed by atoms with Crippen LogP contribution in [0.25, 0.3) is 10.2 Å². The van der Waals surface area contributed by atoms with Gasteiger partial charge in [-0.15, -0.1) is 11.3 Å². The molecule has 1 aliphatic rings. The van der Waals surface area contributed by atoms with Gasteiger partial charge in [-0.2, -0.15) is 0 Å². The second-order valence-electron chi connectivity index (χ2n) is 6.31. The normalized spacial score (nSPS) is 15.2. The zero-order valence-electron chi connectivity index (χ0n) is 14.9. The van der Waals surface area contributed by atoms with E-state index >= 15 is 0 Å². The lowest BCUT2D eigenvalue weighted by atomic mass is 10.1. The van der Waals surface area contributed by atoms with E-state index < -0.39 is 17.8 Å². The zero-order valence-corrected chi connectivity index (χ0v) is 15.7. The van der Waals surface area contributed by atoms with Crippen molar-refractivity contribution in [1.82, 2.24) is 14.0 Å². The van der Waals surface area contributed by atoms with Crippen LogP contribution in [-0.4, -0.2) is 50.9 Å².